The molecule has 2 aliphatic rings. The Morgan fingerprint density at radius 3 is 2.37 bits per heavy atom. The van der Waals surface area contributed by atoms with Crippen LogP contribution in [-0.4, -0.2) is 27.3 Å². The molecule has 1 N–H and O–H groups in total. The second-order valence-corrected chi connectivity index (χ2v) is 10.0. The van der Waals surface area contributed by atoms with Crippen LogP contribution in [0.2, 0.25) is 10.4 Å². The van der Waals surface area contributed by atoms with Crippen molar-refractivity contribution in [1.29, 1.82) is 0 Å². The van der Waals surface area contributed by atoms with Gasteiger partial charge in [-0.1, -0.05) is 30.9 Å². The first-order chi connectivity index (χ1) is 12.6. The number of hydrogen-bond donors (Lipinski definition) is 1. The van der Waals surface area contributed by atoms with E-state index in [0.29, 0.717) is 5.15 Å². The first kappa shape index (κ1) is 20.8. The number of halogens is 2. The van der Waals surface area contributed by atoms with E-state index < -0.39 is 5.54 Å². The highest BCUT2D eigenvalue weighted by Crippen LogP contribution is 2.38. The fraction of sp³-hybridized carbons (Fsp3) is 0.667. The van der Waals surface area contributed by atoms with Crippen LogP contribution < -0.4 is 5.32 Å². The Hall–Kier alpha value is -0.970. The molecule has 6 heteroatoms. The molecule has 1 saturated heterocycles. The maximum Gasteiger partial charge on any atom is 0.224 e. The van der Waals surface area contributed by atoms with E-state index in [1.54, 1.807) is 6.07 Å². The normalized spacial score (nSPS) is 26.6. The number of aromatic nitrogens is 2. The molecule has 0 spiro atoms. The number of allylic oxidation sites excluding steroid dienone is 1. The van der Waals surface area contributed by atoms with Gasteiger partial charge in [0, 0.05) is 23.4 Å². The first-order valence-corrected chi connectivity index (χ1v) is 10.6. The van der Waals surface area contributed by atoms with Gasteiger partial charge in [-0.25, -0.2) is 9.97 Å². The average Bonchev–Trinajstić information content (AvgIpc) is 2.98. The summed E-state index contributed by atoms with van der Waals surface area (Å²) in [5.74, 6) is 0.762. The number of aliphatic imine (C=N–C) groups is 1. The largest absolute Gasteiger partial charge is 0.307 e. The number of rotatable bonds is 6. The third-order valence-electron chi connectivity index (χ3n) is 5.57. The third kappa shape index (κ3) is 5.30. The highest BCUT2D eigenvalue weighted by molar-refractivity contribution is 6.31. The van der Waals surface area contributed by atoms with Gasteiger partial charge >= 0.3 is 0 Å². The molecule has 1 unspecified atom stereocenters. The van der Waals surface area contributed by atoms with E-state index in [4.69, 9.17) is 28.2 Å². The van der Waals surface area contributed by atoms with Crippen LogP contribution in [0.1, 0.15) is 71.9 Å². The molecule has 1 fully saturated rings. The van der Waals surface area contributed by atoms with E-state index in [1.807, 2.05) is 12.3 Å². The zero-order valence-electron chi connectivity index (χ0n) is 16.7. The van der Waals surface area contributed by atoms with Gasteiger partial charge < -0.3 is 5.32 Å². The van der Waals surface area contributed by atoms with Crippen LogP contribution in [0.4, 0.5) is 0 Å². The Labute approximate surface area is 172 Å². The number of piperidine rings is 1. The van der Waals surface area contributed by atoms with Crippen LogP contribution in [0.5, 0.6) is 0 Å². The topological polar surface area (TPSA) is 50.2 Å². The molecule has 1 atom stereocenters. The summed E-state index contributed by atoms with van der Waals surface area (Å²) in [6.07, 6.45) is 12.8. The van der Waals surface area contributed by atoms with Crippen LogP contribution in [-0.2, 0) is 5.54 Å². The molecule has 0 saturated carbocycles. The molecule has 0 aliphatic carbocycles. The van der Waals surface area contributed by atoms with Gasteiger partial charge in [-0.3, -0.25) is 4.99 Å². The van der Waals surface area contributed by atoms with Crippen LogP contribution >= 0.6 is 23.2 Å². The molecule has 148 valence electrons. The summed E-state index contributed by atoms with van der Waals surface area (Å²) in [6.45, 7) is 9.26. The van der Waals surface area contributed by atoms with Gasteiger partial charge in [-0.15, -0.1) is 0 Å². The zero-order valence-corrected chi connectivity index (χ0v) is 18.2. The molecular weight excluding hydrogens is 379 g/mol. The lowest BCUT2D eigenvalue weighted by Gasteiger charge is -2.46. The Bertz CT molecular complexity index is 691. The third-order valence-corrected chi connectivity index (χ3v) is 5.93. The van der Waals surface area contributed by atoms with Crippen LogP contribution in [0.15, 0.2) is 23.2 Å². The van der Waals surface area contributed by atoms with E-state index in [-0.39, 0.29) is 16.4 Å². The van der Waals surface area contributed by atoms with E-state index in [2.05, 4.69) is 49.1 Å². The van der Waals surface area contributed by atoms with Crippen LogP contribution in [0.3, 0.4) is 0 Å². The molecule has 0 bridgehead atoms. The lowest BCUT2D eigenvalue weighted by atomic mass is 9.74. The summed E-state index contributed by atoms with van der Waals surface area (Å²) in [7, 11) is 0. The second kappa shape index (κ2) is 7.81. The minimum Gasteiger partial charge on any atom is -0.307 e. The lowest BCUT2D eigenvalue weighted by molar-refractivity contribution is 0.121. The Balaban J connectivity index is 1.60. The monoisotopic (exact) mass is 408 g/mol. The summed E-state index contributed by atoms with van der Waals surface area (Å²) < 4.78 is 0. The van der Waals surface area contributed by atoms with Crippen molar-refractivity contribution in [2.24, 2.45) is 10.9 Å². The molecule has 3 heterocycles. The van der Waals surface area contributed by atoms with E-state index >= 15 is 0 Å². The summed E-state index contributed by atoms with van der Waals surface area (Å²) in [5, 5.41) is 4.30. The second-order valence-electron chi connectivity index (χ2n) is 9.32. The number of nitrogens with zero attached hydrogens (tertiary/aromatic N) is 3. The van der Waals surface area contributed by atoms with Crippen molar-refractivity contribution < 1.29 is 0 Å². The molecule has 0 radical (unpaired) electrons. The lowest BCUT2D eigenvalue weighted by Crippen LogP contribution is -2.57. The fourth-order valence-corrected chi connectivity index (χ4v) is 5.43. The van der Waals surface area contributed by atoms with Crippen molar-refractivity contribution in [3.63, 3.8) is 0 Å². The molecule has 27 heavy (non-hydrogen) atoms. The first-order valence-electron chi connectivity index (χ1n) is 9.82. The van der Waals surface area contributed by atoms with Gasteiger partial charge in [-0.05, 0) is 76.6 Å². The van der Waals surface area contributed by atoms with Crippen LogP contribution in [0.25, 0.3) is 0 Å². The molecule has 0 aromatic carbocycles. The Morgan fingerprint density at radius 1 is 1.07 bits per heavy atom. The maximum atomic E-state index is 6.09. The van der Waals surface area contributed by atoms with E-state index in [0.717, 1.165) is 24.5 Å². The Kier molecular flexibility index (Phi) is 6.00. The molecule has 3 rings (SSSR count). The van der Waals surface area contributed by atoms with Crippen LogP contribution in [0, 0.1) is 5.92 Å². The van der Waals surface area contributed by atoms with Crippen molar-refractivity contribution in [2.75, 3.05) is 0 Å². The van der Waals surface area contributed by atoms with Gasteiger partial charge in [0.15, 0.2) is 0 Å². The predicted octanol–water partition coefficient (Wildman–Crippen LogP) is 5.74. The smallest absolute Gasteiger partial charge is 0.224 e. The maximum absolute atomic E-state index is 6.09. The predicted molar refractivity (Wildman–Crippen MR) is 114 cm³/mol. The number of unbranched alkanes of at least 4 members (excludes halogenated alkanes) is 1. The number of hydrogen-bond acceptors (Lipinski definition) is 4. The fourth-order valence-electron chi connectivity index (χ4n) is 5.03. The van der Waals surface area contributed by atoms with Crippen molar-refractivity contribution in [1.82, 2.24) is 15.3 Å². The van der Waals surface area contributed by atoms with Crippen molar-refractivity contribution in [3.05, 3.63) is 34.3 Å². The van der Waals surface area contributed by atoms with Gasteiger partial charge in [0.1, 0.15) is 10.7 Å². The van der Waals surface area contributed by atoms with E-state index in [9.17, 15) is 0 Å². The molecule has 0 amide bonds. The highest BCUT2D eigenvalue weighted by atomic mass is 35.5. The van der Waals surface area contributed by atoms with Gasteiger partial charge in [0.25, 0.3) is 0 Å². The zero-order chi connectivity index (χ0) is 19.7. The molecule has 4 nitrogen and oxygen atoms in total. The minimum absolute atomic E-state index is 0.173. The minimum atomic E-state index is -0.455. The summed E-state index contributed by atoms with van der Waals surface area (Å²) in [4.78, 5) is 13.0. The quantitative estimate of drug-likeness (QED) is 0.371. The Morgan fingerprint density at radius 2 is 1.78 bits per heavy atom. The standard InChI is InChI=1S/C21H30Cl2N4/c1-19(2)13-15(14-20(3,4)27-19)8-5-6-9-21(10-7-11-24-21)16-12-17(22)26-18(23)25-16/h7,10-12,15,27H,5-6,8-9,13-14H2,1-4H3. The summed E-state index contributed by atoms with van der Waals surface area (Å²) in [5.41, 5.74) is 0.742. The van der Waals surface area contributed by atoms with Gasteiger partial charge in [0.2, 0.25) is 5.28 Å². The number of nitrogens with one attached hydrogen (secondary N) is 1. The molecule has 2 aliphatic heterocycles. The van der Waals surface area contributed by atoms with E-state index in [1.165, 1.54) is 25.7 Å². The van der Waals surface area contributed by atoms with Crippen molar-refractivity contribution in [2.45, 2.75) is 82.8 Å². The van der Waals surface area contributed by atoms with Crippen molar-refractivity contribution >= 4 is 29.4 Å². The molecule has 1 aromatic rings. The molecule has 1 aromatic heterocycles. The van der Waals surface area contributed by atoms with Crippen molar-refractivity contribution in [3.8, 4) is 0 Å². The average molecular weight is 409 g/mol. The molecular formula is C21H30Cl2N4. The highest BCUT2D eigenvalue weighted by Gasteiger charge is 2.37. The summed E-state index contributed by atoms with van der Waals surface area (Å²) in [6, 6.07) is 1.78. The summed E-state index contributed by atoms with van der Waals surface area (Å²) >= 11 is 12.1. The SMILES string of the molecule is CC1(C)CC(CCCCC2(c3cc(Cl)nc(Cl)n3)C=CC=N2)CC(C)(C)N1. The van der Waals surface area contributed by atoms with Gasteiger partial charge in [-0.2, -0.15) is 0 Å². The van der Waals surface area contributed by atoms with Gasteiger partial charge in [0.05, 0.1) is 5.69 Å².